The summed E-state index contributed by atoms with van der Waals surface area (Å²) in [6.07, 6.45) is 9.29. The summed E-state index contributed by atoms with van der Waals surface area (Å²) >= 11 is 1.65. The van der Waals surface area contributed by atoms with Crippen molar-refractivity contribution in [3.05, 3.63) is 56.5 Å². The molecule has 1 aliphatic carbocycles. The van der Waals surface area contributed by atoms with Crippen LogP contribution in [-0.2, 0) is 6.42 Å². The Kier molecular flexibility index (Phi) is 5.80. The normalized spacial score (nSPS) is 15.5. The fourth-order valence-corrected chi connectivity index (χ4v) is 3.58. The van der Waals surface area contributed by atoms with E-state index < -0.39 is 0 Å². The molecule has 0 fully saturated rings. The van der Waals surface area contributed by atoms with Crippen molar-refractivity contribution in [1.29, 1.82) is 0 Å². The van der Waals surface area contributed by atoms with Crippen LogP contribution in [0.3, 0.4) is 0 Å². The molecule has 4 nitrogen and oxygen atoms in total. The lowest BCUT2D eigenvalue weighted by atomic mass is 9.97. The largest absolute Gasteiger partial charge is 0.396 e. The first kappa shape index (κ1) is 16.8. The maximum atomic E-state index is 11.3. The van der Waals surface area contributed by atoms with Gasteiger partial charge < -0.3 is 5.11 Å². The van der Waals surface area contributed by atoms with Crippen LogP contribution in [0.15, 0.2) is 40.2 Å². The minimum atomic E-state index is -0.352. The van der Waals surface area contributed by atoms with Gasteiger partial charge in [-0.2, -0.15) is 0 Å². The number of nitro benzene ring substituents is 1. The molecular weight excluding hydrogens is 298 g/mol. The molecule has 1 aromatic carbocycles. The lowest BCUT2D eigenvalue weighted by Gasteiger charge is -2.15. The number of rotatable bonds is 6. The second-order valence-electron chi connectivity index (χ2n) is 5.40. The van der Waals surface area contributed by atoms with Gasteiger partial charge in [0.1, 0.15) is 0 Å². The van der Waals surface area contributed by atoms with E-state index in [0.717, 1.165) is 29.7 Å². The Morgan fingerprint density at radius 2 is 2.18 bits per heavy atom. The first-order valence-electron chi connectivity index (χ1n) is 7.53. The number of nitro groups is 1. The quantitative estimate of drug-likeness (QED) is 0.616. The topological polar surface area (TPSA) is 63.4 Å². The summed E-state index contributed by atoms with van der Waals surface area (Å²) in [5.41, 5.74) is 1.69. The number of hydrogen-bond donors (Lipinski definition) is 1. The number of allylic oxidation sites excluding steroid dienone is 3. The Hall–Kier alpha value is -1.59. The first-order chi connectivity index (χ1) is 10.6. The van der Waals surface area contributed by atoms with Gasteiger partial charge in [0.05, 0.1) is 4.92 Å². The Balaban J connectivity index is 2.45. The molecule has 0 bridgehead atoms. The Morgan fingerprint density at radius 1 is 1.41 bits per heavy atom. The van der Waals surface area contributed by atoms with Crippen molar-refractivity contribution >= 4 is 17.4 Å². The van der Waals surface area contributed by atoms with Crippen molar-refractivity contribution in [3.63, 3.8) is 0 Å². The number of aliphatic hydroxyl groups excluding tert-OH is 1. The molecule has 118 valence electrons. The van der Waals surface area contributed by atoms with Gasteiger partial charge in [-0.15, -0.1) is 0 Å². The summed E-state index contributed by atoms with van der Waals surface area (Å²) in [6, 6.07) is 3.54. The predicted molar refractivity (Wildman–Crippen MR) is 90.3 cm³/mol. The van der Waals surface area contributed by atoms with E-state index in [1.165, 1.54) is 4.91 Å². The number of thioether (sulfide) groups is 1. The van der Waals surface area contributed by atoms with Crippen LogP contribution in [0.25, 0.3) is 0 Å². The summed E-state index contributed by atoms with van der Waals surface area (Å²) in [7, 11) is 0. The van der Waals surface area contributed by atoms with Gasteiger partial charge in [-0.05, 0) is 30.9 Å². The Labute approximate surface area is 135 Å². The van der Waals surface area contributed by atoms with E-state index in [1.54, 1.807) is 17.8 Å². The van der Waals surface area contributed by atoms with Gasteiger partial charge in [0, 0.05) is 34.0 Å². The molecule has 2 rings (SSSR count). The molecule has 0 aliphatic heterocycles. The van der Waals surface area contributed by atoms with Gasteiger partial charge >= 0.3 is 0 Å². The zero-order valence-electron chi connectivity index (χ0n) is 12.9. The van der Waals surface area contributed by atoms with Crippen LogP contribution in [-0.4, -0.2) is 16.6 Å². The van der Waals surface area contributed by atoms with Crippen molar-refractivity contribution in [2.45, 2.75) is 43.9 Å². The highest BCUT2D eigenvalue weighted by atomic mass is 32.2. The van der Waals surface area contributed by atoms with E-state index in [-0.39, 0.29) is 23.1 Å². The van der Waals surface area contributed by atoms with Crippen LogP contribution in [0.4, 0.5) is 5.69 Å². The highest BCUT2D eigenvalue weighted by Crippen LogP contribution is 2.38. The zero-order chi connectivity index (χ0) is 16.1. The summed E-state index contributed by atoms with van der Waals surface area (Å²) in [4.78, 5) is 13.2. The molecule has 1 atom stereocenters. The van der Waals surface area contributed by atoms with Crippen LogP contribution >= 0.6 is 11.8 Å². The summed E-state index contributed by atoms with van der Waals surface area (Å²) < 4.78 is 0. The van der Waals surface area contributed by atoms with Crippen LogP contribution < -0.4 is 0 Å². The lowest BCUT2D eigenvalue weighted by Crippen LogP contribution is -2.05. The van der Waals surface area contributed by atoms with E-state index in [1.807, 2.05) is 19.9 Å². The number of aliphatic hydroxyl groups is 1. The molecule has 0 saturated carbocycles. The van der Waals surface area contributed by atoms with Crippen molar-refractivity contribution in [3.8, 4) is 0 Å². The Morgan fingerprint density at radius 3 is 2.73 bits per heavy atom. The van der Waals surface area contributed by atoms with E-state index in [0.29, 0.717) is 5.56 Å². The van der Waals surface area contributed by atoms with Gasteiger partial charge in [-0.3, -0.25) is 10.1 Å². The molecule has 22 heavy (non-hydrogen) atoms. The van der Waals surface area contributed by atoms with E-state index in [9.17, 15) is 15.2 Å². The molecule has 1 unspecified atom stereocenters. The molecular formula is C17H21NO3S. The molecule has 1 aromatic rings. The minimum absolute atomic E-state index is 0.0982. The zero-order valence-corrected chi connectivity index (χ0v) is 13.7. The smallest absolute Gasteiger partial charge is 0.273 e. The SMILES string of the molecule is CCc1cc([N+](=O)[O-])c(C(C)CO)cc1SC1=CCCC=C1. The monoisotopic (exact) mass is 319 g/mol. The van der Waals surface area contributed by atoms with E-state index in [4.69, 9.17) is 0 Å². The Bertz CT molecular complexity index is 623. The van der Waals surface area contributed by atoms with Crippen LogP contribution in [0.1, 0.15) is 43.7 Å². The van der Waals surface area contributed by atoms with Gasteiger partial charge in [-0.25, -0.2) is 0 Å². The standard InChI is InChI=1S/C17H21NO3S/c1-3-13-9-16(18(20)21)15(12(2)11-19)10-17(13)22-14-7-5-4-6-8-14/h5,7-10,12,19H,3-4,6,11H2,1-2H3. The second-order valence-corrected chi connectivity index (χ2v) is 6.52. The van der Waals surface area contributed by atoms with E-state index in [2.05, 4.69) is 18.2 Å². The fourth-order valence-electron chi connectivity index (χ4n) is 2.44. The summed E-state index contributed by atoms with van der Waals surface area (Å²) in [6.45, 7) is 3.71. The first-order valence-corrected chi connectivity index (χ1v) is 8.35. The maximum Gasteiger partial charge on any atom is 0.273 e. The highest BCUT2D eigenvalue weighted by Gasteiger charge is 2.22. The molecule has 1 aliphatic rings. The van der Waals surface area contributed by atoms with Gasteiger partial charge in [0.25, 0.3) is 5.69 Å². The molecule has 1 N–H and O–H groups in total. The molecule has 0 spiro atoms. The number of hydrogen-bond acceptors (Lipinski definition) is 4. The van der Waals surface area contributed by atoms with Crippen LogP contribution in [0, 0.1) is 10.1 Å². The second kappa shape index (κ2) is 7.61. The molecule has 0 saturated heterocycles. The third-order valence-corrected chi connectivity index (χ3v) is 4.92. The molecule has 0 heterocycles. The number of aryl methyl sites for hydroxylation is 1. The lowest BCUT2D eigenvalue weighted by molar-refractivity contribution is -0.385. The average Bonchev–Trinajstić information content (AvgIpc) is 2.54. The average molecular weight is 319 g/mol. The van der Waals surface area contributed by atoms with E-state index >= 15 is 0 Å². The van der Waals surface area contributed by atoms with Crippen LogP contribution in [0.2, 0.25) is 0 Å². The number of benzene rings is 1. The van der Waals surface area contributed by atoms with Crippen molar-refractivity contribution in [1.82, 2.24) is 0 Å². The van der Waals surface area contributed by atoms with Gasteiger partial charge in [0.15, 0.2) is 0 Å². The van der Waals surface area contributed by atoms with Gasteiger partial charge in [0.2, 0.25) is 0 Å². The fraction of sp³-hybridized carbons (Fsp3) is 0.412. The van der Waals surface area contributed by atoms with Crippen molar-refractivity contribution in [2.24, 2.45) is 0 Å². The summed E-state index contributed by atoms with van der Waals surface area (Å²) in [5, 5.41) is 20.7. The summed E-state index contributed by atoms with van der Waals surface area (Å²) in [5.74, 6) is -0.249. The molecule has 0 amide bonds. The highest BCUT2D eigenvalue weighted by molar-refractivity contribution is 8.03. The third-order valence-electron chi connectivity index (χ3n) is 3.78. The maximum absolute atomic E-state index is 11.3. The molecule has 0 radical (unpaired) electrons. The van der Waals surface area contributed by atoms with Crippen molar-refractivity contribution < 1.29 is 10.0 Å². The number of nitrogens with zero attached hydrogens (tertiary/aromatic N) is 1. The minimum Gasteiger partial charge on any atom is -0.396 e. The third kappa shape index (κ3) is 3.78. The van der Waals surface area contributed by atoms with Gasteiger partial charge in [-0.1, -0.05) is 43.8 Å². The predicted octanol–water partition coefficient (Wildman–Crippen LogP) is 4.58. The molecule has 0 aromatic heterocycles. The molecule has 5 heteroatoms. The van der Waals surface area contributed by atoms with Crippen LogP contribution in [0.5, 0.6) is 0 Å². The van der Waals surface area contributed by atoms with Crippen molar-refractivity contribution in [2.75, 3.05) is 6.61 Å².